The molecule has 0 saturated heterocycles. The first-order valence-corrected chi connectivity index (χ1v) is 15.7. The van der Waals surface area contributed by atoms with Gasteiger partial charge in [0.25, 0.3) is 0 Å². The molecule has 2 aromatic carbocycles. The molecule has 3 aromatic rings. The van der Waals surface area contributed by atoms with Gasteiger partial charge in [0.15, 0.2) is 0 Å². The molecule has 42 heavy (non-hydrogen) atoms. The Kier molecular flexibility index (Phi) is 11.7. The normalized spacial score (nSPS) is 12.4. The number of thioether (sulfide) groups is 2. The van der Waals surface area contributed by atoms with Gasteiger partial charge in [0.05, 0.1) is 14.2 Å². The predicted octanol–water partition coefficient (Wildman–Crippen LogP) is 6.92. The van der Waals surface area contributed by atoms with Crippen molar-refractivity contribution in [2.24, 2.45) is 9.98 Å². The second-order valence-corrected chi connectivity index (χ2v) is 13.9. The lowest BCUT2D eigenvalue weighted by atomic mass is 9.85. The van der Waals surface area contributed by atoms with Crippen molar-refractivity contribution < 1.29 is 19.7 Å². The van der Waals surface area contributed by atoms with Gasteiger partial charge in [0.1, 0.15) is 33.0 Å². The summed E-state index contributed by atoms with van der Waals surface area (Å²) in [7, 11) is 3.24. The van der Waals surface area contributed by atoms with Gasteiger partial charge >= 0.3 is 0 Å². The molecule has 0 fully saturated rings. The summed E-state index contributed by atoms with van der Waals surface area (Å²) in [5.74, 6) is 3.32. The molecule has 3 rings (SSSR count). The highest BCUT2D eigenvalue weighted by atomic mass is 32.2. The lowest BCUT2D eigenvalue weighted by molar-refractivity contribution is 0.405. The maximum atomic E-state index is 10.7. The number of rotatable bonds is 12. The summed E-state index contributed by atoms with van der Waals surface area (Å²) in [5.41, 5.74) is 2.50. The number of phenols is 2. The molecule has 0 bridgehead atoms. The summed E-state index contributed by atoms with van der Waals surface area (Å²) >= 11 is 3.16. The van der Waals surface area contributed by atoms with Gasteiger partial charge in [0, 0.05) is 59.3 Å². The van der Waals surface area contributed by atoms with E-state index in [9.17, 15) is 10.2 Å². The van der Waals surface area contributed by atoms with Crippen LogP contribution in [0.5, 0.6) is 23.0 Å². The molecule has 1 aromatic heterocycles. The van der Waals surface area contributed by atoms with Gasteiger partial charge in [-0.3, -0.25) is 9.98 Å². The second-order valence-electron chi connectivity index (χ2n) is 11.7. The number of aliphatic imine (C=N–C) groups is 2. The zero-order valence-electron chi connectivity index (χ0n) is 25.8. The highest BCUT2D eigenvalue weighted by Crippen LogP contribution is 2.37. The molecule has 0 atom stereocenters. The predicted molar refractivity (Wildman–Crippen MR) is 175 cm³/mol. The van der Waals surface area contributed by atoms with Crippen LogP contribution in [-0.2, 0) is 10.8 Å². The molecule has 226 valence electrons. The van der Waals surface area contributed by atoms with Crippen LogP contribution in [-0.4, -0.2) is 71.7 Å². The lowest BCUT2D eigenvalue weighted by Crippen LogP contribution is -2.12. The van der Waals surface area contributed by atoms with E-state index in [2.05, 4.69) is 61.7 Å². The highest BCUT2D eigenvalue weighted by Gasteiger charge is 2.22. The van der Waals surface area contributed by atoms with Crippen LogP contribution in [0.4, 0.5) is 0 Å². The van der Waals surface area contributed by atoms with Gasteiger partial charge < -0.3 is 19.7 Å². The monoisotopic (exact) mass is 610 g/mol. The number of hydrogen-bond acceptors (Lipinski definition) is 10. The van der Waals surface area contributed by atoms with E-state index in [4.69, 9.17) is 9.47 Å². The molecule has 0 aliphatic rings. The number of hydrogen-bond donors (Lipinski definition) is 2. The van der Waals surface area contributed by atoms with Gasteiger partial charge in [-0.15, -0.1) is 33.7 Å². The van der Waals surface area contributed by atoms with Gasteiger partial charge in [-0.05, 0) is 47.2 Å². The Labute approximate surface area is 258 Å². The van der Waals surface area contributed by atoms with Crippen molar-refractivity contribution in [3.8, 4) is 23.0 Å². The Hall–Kier alpha value is -3.24. The van der Waals surface area contributed by atoms with Crippen molar-refractivity contribution >= 4 is 36.0 Å². The first-order valence-electron chi connectivity index (χ1n) is 13.8. The molecular weight excluding hydrogens is 569 g/mol. The number of benzene rings is 2. The number of ether oxygens (including phenoxy) is 2. The fourth-order valence-electron chi connectivity index (χ4n) is 4.03. The minimum absolute atomic E-state index is 0.218. The molecule has 2 N–H and O–H groups in total. The average molecular weight is 611 g/mol. The molecule has 0 aliphatic heterocycles. The maximum absolute atomic E-state index is 10.7. The van der Waals surface area contributed by atoms with Crippen LogP contribution >= 0.6 is 23.5 Å². The van der Waals surface area contributed by atoms with Crippen molar-refractivity contribution in [3.05, 3.63) is 58.7 Å². The van der Waals surface area contributed by atoms with E-state index in [1.54, 1.807) is 62.3 Å². The van der Waals surface area contributed by atoms with Crippen molar-refractivity contribution in [1.29, 1.82) is 0 Å². The van der Waals surface area contributed by atoms with Gasteiger partial charge in [-0.25, -0.2) is 0 Å². The zero-order chi connectivity index (χ0) is 30.9. The smallest absolute Gasteiger partial charge is 0.128 e. The lowest BCUT2D eigenvalue weighted by Gasteiger charge is -2.22. The van der Waals surface area contributed by atoms with E-state index in [1.807, 2.05) is 24.3 Å². The first-order chi connectivity index (χ1) is 19.8. The third-order valence-corrected chi connectivity index (χ3v) is 8.13. The van der Waals surface area contributed by atoms with Crippen LogP contribution in [0.2, 0.25) is 0 Å². The van der Waals surface area contributed by atoms with Crippen LogP contribution in [0.1, 0.15) is 63.8 Å². The van der Waals surface area contributed by atoms with Crippen LogP contribution in [0.15, 0.2) is 56.4 Å². The van der Waals surface area contributed by atoms with Crippen molar-refractivity contribution in [2.75, 3.05) is 38.8 Å². The molecule has 0 amide bonds. The number of nitrogens with zero attached hydrogens (tertiary/aromatic N) is 4. The van der Waals surface area contributed by atoms with E-state index < -0.39 is 0 Å². The third kappa shape index (κ3) is 9.39. The minimum atomic E-state index is -0.218. The molecular formula is C32H42N4O4S2. The van der Waals surface area contributed by atoms with Crippen LogP contribution in [0.25, 0.3) is 0 Å². The maximum Gasteiger partial charge on any atom is 0.128 e. The number of methoxy groups -OCH3 is 2. The largest absolute Gasteiger partial charge is 0.507 e. The quantitative estimate of drug-likeness (QED) is 0.129. The van der Waals surface area contributed by atoms with E-state index in [-0.39, 0.29) is 22.3 Å². The molecule has 0 aliphatic carbocycles. The molecule has 0 spiro atoms. The summed E-state index contributed by atoms with van der Waals surface area (Å²) < 4.78 is 10.8. The van der Waals surface area contributed by atoms with E-state index in [0.717, 1.165) is 32.7 Å². The summed E-state index contributed by atoms with van der Waals surface area (Å²) in [6.45, 7) is 13.5. The molecule has 10 heteroatoms. The summed E-state index contributed by atoms with van der Waals surface area (Å²) in [6, 6.07) is 11.2. The fraction of sp³-hybridized carbons (Fsp3) is 0.438. The van der Waals surface area contributed by atoms with Gasteiger partial charge in [-0.1, -0.05) is 41.5 Å². The number of aromatic nitrogens is 2. The second kappa shape index (κ2) is 14.8. The Morgan fingerprint density at radius 2 is 1.07 bits per heavy atom. The first kappa shape index (κ1) is 33.3. The molecule has 0 radical (unpaired) electrons. The van der Waals surface area contributed by atoms with Crippen molar-refractivity contribution in [2.45, 2.75) is 62.4 Å². The Morgan fingerprint density at radius 3 is 1.38 bits per heavy atom. The minimum Gasteiger partial charge on any atom is -0.507 e. The van der Waals surface area contributed by atoms with E-state index >= 15 is 0 Å². The summed E-state index contributed by atoms with van der Waals surface area (Å²) in [6.07, 6.45) is 3.39. The molecule has 1 heterocycles. The third-order valence-electron chi connectivity index (χ3n) is 6.33. The summed E-state index contributed by atoms with van der Waals surface area (Å²) in [4.78, 5) is 8.99. The molecule has 0 unspecified atom stereocenters. The number of aromatic hydroxyl groups is 2. The number of phenolic OH excluding ortho intramolecular Hbond substituents is 2. The van der Waals surface area contributed by atoms with E-state index in [0.29, 0.717) is 35.7 Å². The zero-order valence-corrected chi connectivity index (χ0v) is 27.4. The standard InChI is InChI=1S/C32H42N4O4S2/c1-31(2,3)25-17-23(39-7)15-21(29(25)37)19-33-11-13-41-27-9-10-28(36-35-27)42-14-12-34-20-22-16-24(40-8)18-26(30(22)38)32(4,5)6/h9-10,15-20,37-38H,11-14H2,1-8H3. The van der Waals surface area contributed by atoms with Crippen LogP contribution in [0, 0.1) is 0 Å². The van der Waals surface area contributed by atoms with Gasteiger partial charge in [0.2, 0.25) is 0 Å². The summed E-state index contributed by atoms with van der Waals surface area (Å²) in [5, 5.41) is 31.7. The SMILES string of the molecule is COc1cc(C=NCCSc2ccc(SCCN=Cc3cc(OC)cc(C(C)(C)C)c3O)nn2)c(O)c(C(C)(C)C)c1. The van der Waals surface area contributed by atoms with Gasteiger partial charge in [-0.2, -0.15) is 0 Å². The Morgan fingerprint density at radius 1 is 0.690 bits per heavy atom. The van der Waals surface area contributed by atoms with Crippen molar-refractivity contribution in [1.82, 2.24) is 10.2 Å². The topological polar surface area (TPSA) is 109 Å². The van der Waals surface area contributed by atoms with Crippen LogP contribution < -0.4 is 9.47 Å². The highest BCUT2D eigenvalue weighted by molar-refractivity contribution is 7.99. The van der Waals surface area contributed by atoms with Crippen molar-refractivity contribution in [3.63, 3.8) is 0 Å². The van der Waals surface area contributed by atoms with Crippen LogP contribution in [0.3, 0.4) is 0 Å². The molecule has 0 saturated carbocycles. The molecule has 8 nitrogen and oxygen atoms in total. The Balaban J connectivity index is 1.47. The Bertz CT molecular complexity index is 1290. The fourth-order valence-corrected chi connectivity index (χ4v) is 5.37. The van der Waals surface area contributed by atoms with E-state index in [1.165, 1.54) is 0 Å². The average Bonchev–Trinajstić information content (AvgIpc) is 2.93.